The summed E-state index contributed by atoms with van der Waals surface area (Å²) in [6, 6.07) is 64.3. The van der Waals surface area contributed by atoms with Crippen LogP contribution >= 0.6 is 22.7 Å². The van der Waals surface area contributed by atoms with Gasteiger partial charge in [-0.25, -0.2) is 0 Å². The van der Waals surface area contributed by atoms with E-state index in [-0.39, 0.29) is 35.6 Å². The van der Waals surface area contributed by atoms with Crippen molar-refractivity contribution in [2.24, 2.45) is 0 Å². The van der Waals surface area contributed by atoms with Crippen molar-refractivity contribution in [3.63, 3.8) is 0 Å². The molecule has 0 N–H and O–H groups in total. The standard InChI is InChI=1S/2C29H25S.2ClH.Hf/c2*1-29(2,3)24-14-12-20(13-15-24)25-11-7-10-22-18-23(19-26(22)25)28-17-16-27(30-28)21-8-5-4-6-9-21;;;/h2*4-19H,1-3H3;2*1H;/q;;;;+2/p-2. The zero-order chi connectivity index (χ0) is 41.9. The fourth-order valence-electron chi connectivity index (χ4n) is 9.06. The normalized spacial score (nSPS) is 15.3. The van der Waals surface area contributed by atoms with Crippen molar-refractivity contribution < 1.29 is 47.7 Å². The summed E-state index contributed by atoms with van der Waals surface area (Å²) in [7, 11) is 0. The third-order valence-electron chi connectivity index (χ3n) is 12.5. The van der Waals surface area contributed by atoms with Crippen LogP contribution in [0.5, 0.6) is 0 Å². The SMILES string of the molecule is CC(C)(C)c1ccc(-c2cccc3c2C=C(c2ccc(-c4ccccc4)s2)[CH]3[Hf+2][CH]2C(c3ccc(-c4ccccc4)s3)=Cc3c(-c4ccc(C(C)(C)C)cc4)cccc32)cc1.[Cl-].[Cl-]. The Hall–Kier alpha value is -4.35. The van der Waals surface area contributed by atoms with E-state index >= 15 is 0 Å². The van der Waals surface area contributed by atoms with Crippen molar-refractivity contribution in [2.45, 2.75) is 59.7 Å². The molecule has 6 aromatic carbocycles. The second kappa shape index (κ2) is 18.3. The zero-order valence-electron chi connectivity index (χ0n) is 36.5. The van der Waals surface area contributed by atoms with Crippen molar-refractivity contribution in [1.82, 2.24) is 0 Å². The summed E-state index contributed by atoms with van der Waals surface area (Å²) < 4.78 is 0.822. The number of rotatable bonds is 8. The van der Waals surface area contributed by atoms with Crippen LogP contribution in [0.1, 0.15) is 92.0 Å². The minimum absolute atomic E-state index is 0. The van der Waals surface area contributed by atoms with Gasteiger partial charge in [-0.2, -0.15) is 0 Å². The molecule has 63 heavy (non-hydrogen) atoms. The van der Waals surface area contributed by atoms with Crippen LogP contribution in [-0.2, 0) is 33.7 Å². The number of allylic oxidation sites excluding steroid dienone is 2. The molecule has 2 unspecified atom stereocenters. The van der Waals surface area contributed by atoms with Crippen LogP contribution in [0.2, 0.25) is 0 Å². The van der Waals surface area contributed by atoms with Gasteiger partial charge in [-0.3, -0.25) is 0 Å². The summed E-state index contributed by atoms with van der Waals surface area (Å²) in [6.07, 6.45) is 5.18. The third-order valence-corrected chi connectivity index (χ3v) is 21.7. The van der Waals surface area contributed by atoms with Gasteiger partial charge in [0.25, 0.3) is 0 Å². The van der Waals surface area contributed by atoms with Crippen LogP contribution < -0.4 is 24.8 Å². The Labute approximate surface area is 406 Å². The van der Waals surface area contributed by atoms with E-state index in [1.54, 1.807) is 0 Å². The Morgan fingerprint density at radius 3 is 1.10 bits per heavy atom. The van der Waals surface area contributed by atoms with Gasteiger partial charge in [-0.1, -0.05) is 0 Å². The monoisotopic (exact) mass is 1060 g/mol. The Kier molecular flexibility index (Phi) is 13.1. The first-order valence-corrected chi connectivity index (χ1v) is 27.3. The van der Waals surface area contributed by atoms with Crippen LogP contribution in [0.3, 0.4) is 0 Å². The number of thiophene rings is 2. The summed E-state index contributed by atoms with van der Waals surface area (Å²) >= 11 is 2.25. The predicted molar refractivity (Wildman–Crippen MR) is 262 cm³/mol. The molecular formula is C58H50Cl2HfS2. The van der Waals surface area contributed by atoms with Crippen molar-refractivity contribution in [3.8, 4) is 43.1 Å². The third kappa shape index (κ3) is 8.90. The molecule has 2 heterocycles. The molecule has 10 rings (SSSR count). The van der Waals surface area contributed by atoms with E-state index in [0.717, 1.165) is 0 Å². The summed E-state index contributed by atoms with van der Waals surface area (Å²) in [6.45, 7) is 13.8. The number of halogens is 2. The van der Waals surface area contributed by atoms with Crippen molar-refractivity contribution in [2.75, 3.05) is 0 Å². The van der Waals surface area contributed by atoms with Gasteiger partial charge in [0.1, 0.15) is 0 Å². The molecule has 0 spiro atoms. The van der Waals surface area contributed by atoms with E-state index in [2.05, 4.69) is 224 Å². The molecule has 0 nitrogen and oxygen atoms in total. The average Bonchev–Trinajstić information content (AvgIpc) is 4.10. The molecule has 8 aromatic rings. The summed E-state index contributed by atoms with van der Waals surface area (Å²) in [5.74, 6) is 0. The number of hydrogen-bond donors (Lipinski definition) is 0. The van der Waals surface area contributed by atoms with Crippen LogP contribution in [0.4, 0.5) is 0 Å². The minimum atomic E-state index is -1.66. The molecule has 0 radical (unpaired) electrons. The molecular weight excluding hydrogens is 1010 g/mol. The van der Waals surface area contributed by atoms with Crippen LogP contribution in [0.15, 0.2) is 170 Å². The van der Waals surface area contributed by atoms with Gasteiger partial charge in [0.2, 0.25) is 0 Å². The maximum atomic E-state index is 2.59. The quantitative estimate of drug-likeness (QED) is 0.133. The molecule has 0 aliphatic heterocycles. The van der Waals surface area contributed by atoms with Gasteiger partial charge in [0.15, 0.2) is 0 Å². The zero-order valence-corrected chi connectivity index (χ0v) is 43.3. The van der Waals surface area contributed by atoms with Crippen LogP contribution in [-0.4, -0.2) is 0 Å². The summed E-state index contributed by atoms with van der Waals surface area (Å²) in [5, 5.41) is 0. The van der Waals surface area contributed by atoms with Gasteiger partial charge in [-0.15, -0.1) is 0 Å². The van der Waals surface area contributed by atoms with E-state index in [1.807, 2.05) is 22.7 Å². The largest absolute Gasteiger partial charge is 1.00 e. The maximum Gasteiger partial charge on any atom is -1.00 e. The molecule has 2 aliphatic carbocycles. The second-order valence-electron chi connectivity index (χ2n) is 18.6. The Bertz CT molecular complexity index is 2740. The maximum absolute atomic E-state index is 2.59. The molecule has 0 bridgehead atoms. The van der Waals surface area contributed by atoms with Gasteiger partial charge in [0.05, 0.1) is 0 Å². The van der Waals surface area contributed by atoms with E-state index in [9.17, 15) is 0 Å². The van der Waals surface area contributed by atoms with Gasteiger partial charge >= 0.3 is 385 Å². The van der Waals surface area contributed by atoms with Crippen molar-refractivity contribution >= 4 is 46.0 Å². The average molecular weight is 1060 g/mol. The molecule has 5 heteroatoms. The van der Waals surface area contributed by atoms with Gasteiger partial charge in [0, 0.05) is 0 Å². The molecule has 0 fully saturated rings. The van der Waals surface area contributed by atoms with Gasteiger partial charge < -0.3 is 24.8 Å². The Morgan fingerprint density at radius 2 is 0.730 bits per heavy atom. The molecule has 2 aliphatic rings. The molecule has 312 valence electrons. The Morgan fingerprint density at radius 1 is 0.365 bits per heavy atom. The second-order valence-corrected chi connectivity index (χ2v) is 26.1. The van der Waals surface area contributed by atoms with E-state index < -0.39 is 22.9 Å². The van der Waals surface area contributed by atoms with Crippen molar-refractivity contribution in [1.29, 1.82) is 0 Å². The molecule has 0 amide bonds. The van der Waals surface area contributed by atoms with Gasteiger partial charge in [-0.05, 0) is 0 Å². The van der Waals surface area contributed by atoms with E-state index in [4.69, 9.17) is 0 Å². The van der Waals surface area contributed by atoms with Crippen LogP contribution in [0, 0.1) is 0 Å². The van der Waals surface area contributed by atoms with E-state index in [0.29, 0.717) is 7.35 Å². The molecule has 0 saturated carbocycles. The summed E-state index contributed by atoms with van der Waals surface area (Å²) in [4.78, 5) is 5.47. The van der Waals surface area contributed by atoms with Crippen LogP contribution in [0.25, 0.3) is 66.4 Å². The molecule has 2 atom stereocenters. The first-order chi connectivity index (χ1) is 29.5. The fourth-order valence-corrected chi connectivity index (χ4v) is 19.2. The molecule has 2 aromatic heterocycles. The predicted octanol–water partition coefficient (Wildman–Crippen LogP) is 11.1. The first kappa shape index (κ1) is 45.2. The fraction of sp³-hybridized carbons (Fsp3) is 0.172. The van der Waals surface area contributed by atoms with Crippen molar-refractivity contribution in [3.05, 3.63) is 213 Å². The Balaban J connectivity index is 0.00000272. The molecule has 0 saturated heterocycles. The smallest absolute Gasteiger partial charge is 1.00 e. The first-order valence-electron chi connectivity index (χ1n) is 21.5. The summed E-state index contributed by atoms with van der Waals surface area (Å²) in [5.41, 5.74) is 19.7. The minimum Gasteiger partial charge on any atom is -1.00 e. The number of hydrogen-bond acceptors (Lipinski definition) is 2. The number of benzene rings is 6. The topological polar surface area (TPSA) is 0 Å². The number of fused-ring (bicyclic) bond motifs is 2. The van der Waals surface area contributed by atoms with E-state index in [1.165, 1.54) is 97.4 Å².